The number of halogens is 1. The fraction of sp³-hybridized carbons (Fsp3) is 0.333. The van der Waals surface area contributed by atoms with E-state index in [4.69, 9.17) is 4.74 Å². The van der Waals surface area contributed by atoms with Crippen LogP contribution in [0.3, 0.4) is 0 Å². The van der Waals surface area contributed by atoms with Gasteiger partial charge in [-0.05, 0) is 50.1 Å². The molecule has 0 aliphatic carbocycles. The van der Waals surface area contributed by atoms with Crippen molar-refractivity contribution in [3.63, 3.8) is 0 Å². The minimum atomic E-state index is -3.66. The van der Waals surface area contributed by atoms with Gasteiger partial charge in [-0.1, -0.05) is 40.5 Å². The van der Waals surface area contributed by atoms with Gasteiger partial charge in [0.2, 0.25) is 15.8 Å². The summed E-state index contributed by atoms with van der Waals surface area (Å²) < 4.78 is 33.2. The minimum absolute atomic E-state index is 0.0562. The standard InChI is InChI=1S/C21H22BrNO5S/c1-15(20(24)16-8-10-18(22)11-9-16)28-21(25)17-6-5-7-19(14-17)29(26,27)23-12-3-2-4-13-23/h5-11,14-15H,2-4,12-13H2,1H3. The molecule has 1 unspecified atom stereocenters. The summed E-state index contributed by atoms with van der Waals surface area (Å²) in [5.74, 6) is -1.07. The molecule has 1 aliphatic rings. The van der Waals surface area contributed by atoms with Crippen molar-refractivity contribution in [3.05, 3.63) is 64.1 Å². The summed E-state index contributed by atoms with van der Waals surface area (Å²) in [5.41, 5.74) is 0.522. The van der Waals surface area contributed by atoms with Crippen LogP contribution < -0.4 is 0 Å². The lowest BCUT2D eigenvalue weighted by Crippen LogP contribution is -2.35. The first kappa shape index (κ1) is 21.7. The van der Waals surface area contributed by atoms with Crippen molar-refractivity contribution in [1.29, 1.82) is 0 Å². The Labute approximate surface area is 179 Å². The van der Waals surface area contributed by atoms with Gasteiger partial charge in [0.15, 0.2) is 6.10 Å². The van der Waals surface area contributed by atoms with Gasteiger partial charge in [-0.2, -0.15) is 4.31 Å². The molecule has 1 heterocycles. The Kier molecular flexibility index (Phi) is 6.87. The average Bonchev–Trinajstić information content (AvgIpc) is 2.74. The molecule has 3 rings (SSSR count). The van der Waals surface area contributed by atoms with Crippen LogP contribution in [0, 0.1) is 0 Å². The molecular weight excluding hydrogens is 458 g/mol. The second-order valence-electron chi connectivity index (χ2n) is 6.91. The largest absolute Gasteiger partial charge is 0.451 e. The summed E-state index contributed by atoms with van der Waals surface area (Å²) in [7, 11) is -3.66. The molecule has 1 atom stereocenters. The first-order valence-corrected chi connectivity index (χ1v) is 11.6. The third kappa shape index (κ3) is 5.12. The molecule has 29 heavy (non-hydrogen) atoms. The maximum Gasteiger partial charge on any atom is 0.338 e. The van der Waals surface area contributed by atoms with Gasteiger partial charge in [0.25, 0.3) is 0 Å². The number of benzene rings is 2. The number of piperidine rings is 1. The topological polar surface area (TPSA) is 80.8 Å². The van der Waals surface area contributed by atoms with Crippen molar-refractivity contribution in [2.24, 2.45) is 0 Å². The lowest BCUT2D eigenvalue weighted by molar-refractivity contribution is 0.0318. The summed E-state index contributed by atoms with van der Waals surface area (Å²) in [4.78, 5) is 25.0. The van der Waals surface area contributed by atoms with E-state index in [9.17, 15) is 18.0 Å². The van der Waals surface area contributed by atoms with E-state index in [1.54, 1.807) is 24.3 Å². The normalized spacial score (nSPS) is 16.2. The third-order valence-electron chi connectivity index (χ3n) is 4.80. The fourth-order valence-electron chi connectivity index (χ4n) is 3.17. The zero-order chi connectivity index (χ0) is 21.0. The molecule has 0 bridgehead atoms. The van der Waals surface area contributed by atoms with Gasteiger partial charge in [-0.15, -0.1) is 0 Å². The second-order valence-corrected chi connectivity index (χ2v) is 9.76. The zero-order valence-electron chi connectivity index (χ0n) is 16.0. The molecule has 6 nitrogen and oxygen atoms in total. The van der Waals surface area contributed by atoms with Crippen molar-refractivity contribution in [1.82, 2.24) is 4.31 Å². The van der Waals surface area contributed by atoms with Crippen molar-refractivity contribution >= 4 is 37.7 Å². The van der Waals surface area contributed by atoms with Crippen LogP contribution in [0.25, 0.3) is 0 Å². The number of carbonyl (C=O) groups excluding carboxylic acids is 2. The lowest BCUT2D eigenvalue weighted by Gasteiger charge is -2.26. The summed E-state index contributed by atoms with van der Waals surface area (Å²) in [6, 6.07) is 12.5. The van der Waals surface area contributed by atoms with Gasteiger partial charge < -0.3 is 4.74 Å². The Bertz CT molecular complexity index is 998. The summed E-state index contributed by atoms with van der Waals surface area (Å²) >= 11 is 3.30. The van der Waals surface area contributed by atoms with Crippen LogP contribution in [0.4, 0.5) is 0 Å². The summed E-state index contributed by atoms with van der Waals surface area (Å²) in [6.07, 6.45) is 1.68. The van der Waals surface area contributed by atoms with E-state index in [-0.39, 0.29) is 16.2 Å². The SMILES string of the molecule is CC(OC(=O)c1cccc(S(=O)(=O)N2CCCCC2)c1)C(=O)c1ccc(Br)cc1. The zero-order valence-corrected chi connectivity index (χ0v) is 18.4. The molecule has 0 spiro atoms. The number of Topliss-reactive ketones (excluding diaryl/α,β-unsaturated/α-hetero) is 1. The number of ether oxygens (including phenoxy) is 1. The lowest BCUT2D eigenvalue weighted by atomic mass is 10.1. The van der Waals surface area contributed by atoms with Gasteiger partial charge >= 0.3 is 5.97 Å². The molecule has 1 saturated heterocycles. The van der Waals surface area contributed by atoms with Crippen LogP contribution in [0.5, 0.6) is 0 Å². The molecule has 8 heteroatoms. The quantitative estimate of drug-likeness (QED) is 0.461. The number of nitrogens with zero attached hydrogens (tertiary/aromatic N) is 1. The van der Waals surface area contributed by atoms with E-state index in [0.717, 1.165) is 23.7 Å². The predicted octanol–water partition coefficient (Wildman–Crippen LogP) is 4.05. The molecule has 0 radical (unpaired) electrons. The maximum absolute atomic E-state index is 12.8. The summed E-state index contributed by atoms with van der Waals surface area (Å²) in [6.45, 7) is 2.46. The number of ketones is 1. The van der Waals surface area contributed by atoms with Crippen LogP contribution in [-0.2, 0) is 14.8 Å². The molecule has 0 amide bonds. The van der Waals surface area contributed by atoms with Gasteiger partial charge in [0, 0.05) is 23.1 Å². The van der Waals surface area contributed by atoms with Gasteiger partial charge in [0.05, 0.1) is 10.5 Å². The number of hydrogen-bond donors (Lipinski definition) is 0. The van der Waals surface area contributed by atoms with Crippen LogP contribution in [-0.4, -0.2) is 43.7 Å². The second kappa shape index (κ2) is 9.19. The van der Waals surface area contributed by atoms with E-state index in [1.165, 1.54) is 35.5 Å². The van der Waals surface area contributed by atoms with Crippen molar-refractivity contribution in [3.8, 4) is 0 Å². The molecule has 154 valence electrons. The molecule has 1 aliphatic heterocycles. The fourth-order valence-corrected chi connectivity index (χ4v) is 5.00. The maximum atomic E-state index is 12.8. The monoisotopic (exact) mass is 479 g/mol. The Morgan fingerprint density at radius 2 is 1.66 bits per heavy atom. The van der Waals surface area contributed by atoms with Gasteiger partial charge in [-0.3, -0.25) is 4.79 Å². The molecule has 0 saturated carbocycles. The van der Waals surface area contributed by atoms with E-state index in [0.29, 0.717) is 18.7 Å². The third-order valence-corrected chi connectivity index (χ3v) is 7.23. The van der Waals surface area contributed by atoms with E-state index >= 15 is 0 Å². The molecule has 2 aromatic rings. The molecule has 0 N–H and O–H groups in total. The first-order valence-electron chi connectivity index (χ1n) is 9.40. The number of rotatable bonds is 6. The minimum Gasteiger partial charge on any atom is -0.451 e. The van der Waals surface area contributed by atoms with Crippen molar-refractivity contribution in [2.75, 3.05) is 13.1 Å². The highest BCUT2D eigenvalue weighted by Crippen LogP contribution is 2.22. The van der Waals surface area contributed by atoms with Crippen LogP contribution in [0.2, 0.25) is 0 Å². The average molecular weight is 480 g/mol. The van der Waals surface area contributed by atoms with E-state index in [1.807, 2.05) is 0 Å². The number of hydrogen-bond acceptors (Lipinski definition) is 5. The van der Waals surface area contributed by atoms with Crippen molar-refractivity contribution < 1.29 is 22.7 Å². The molecule has 0 aromatic heterocycles. The number of carbonyl (C=O) groups is 2. The van der Waals surface area contributed by atoms with E-state index in [2.05, 4.69) is 15.9 Å². The Hall–Kier alpha value is -2.03. The predicted molar refractivity (Wildman–Crippen MR) is 112 cm³/mol. The van der Waals surface area contributed by atoms with Gasteiger partial charge in [-0.25, -0.2) is 13.2 Å². The Balaban J connectivity index is 1.73. The number of sulfonamides is 1. The smallest absolute Gasteiger partial charge is 0.338 e. The van der Waals surface area contributed by atoms with Gasteiger partial charge in [0.1, 0.15) is 0 Å². The Morgan fingerprint density at radius 1 is 1.00 bits per heavy atom. The highest BCUT2D eigenvalue weighted by molar-refractivity contribution is 9.10. The van der Waals surface area contributed by atoms with E-state index < -0.39 is 22.1 Å². The van der Waals surface area contributed by atoms with Crippen molar-refractivity contribution in [2.45, 2.75) is 37.2 Å². The first-order chi connectivity index (χ1) is 13.8. The number of esters is 1. The molecule has 2 aromatic carbocycles. The molecular formula is C21H22BrNO5S. The highest BCUT2D eigenvalue weighted by Gasteiger charge is 2.27. The summed E-state index contributed by atoms with van der Waals surface area (Å²) in [5, 5.41) is 0. The van der Waals surface area contributed by atoms with Crippen LogP contribution in [0.1, 0.15) is 46.9 Å². The Morgan fingerprint density at radius 3 is 2.31 bits per heavy atom. The molecule has 1 fully saturated rings. The highest BCUT2D eigenvalue weighted by atomic mass is 79.9. The van der Waals surface area contributed by atoms with Crippen LogP contribution >= 0.6 is 15.9 Å². The van der Waals surface area contributed by atoms with Crippen LogP contribution in [0.15, 0.2) is 57.9 Å².